The molecule has 18 heavy (non-hydrogen) atoms. The van der Waals surface area contributed by atoms with E-state index in [1.807, 2.05) is 48.5 Å². The molecule has 0 unspecified atom stereocenters. The molecule has 1 atom stereocenters. The zero-order valence-corrected chi connectivity index (χ0v) is 10.2. The molecule has 0 saturated carbocycles. The Labute approximate surface area is 108 Å². The van der Waals surface area contributed by atoms with Crippen LogP contribution in [0.4, 0.5) is 0 Å². The molecule has 1 N–H and O–H groups in total. The fraction of sp³-hybridized carbons (Fsp3) is 0.176. The predicted molar refractivity (Wildman–Crippen MR) is 73.9 cm³/mol. The number of aliphatic hydroxyl groups is 1. The molecule has 2 aromatic carbocycles. The van der Waals surface area contributed by atoms with E-state index in [9.17, 15) is 5.11 Å². The van der Waals surface area contributed by atoms with Crippen LogP contribution in [0.2, 0.25) is 0 Å². The van der Waals surface area contributed by atoms with Gasteiger partial charge in [-0.2, -0.15) is 0 Å². The first kappa shape index (κ1) is 12.4. The smallest absolute Gasteiger partial charge is 0.140 e. The molecule has 0 aliphatic heterocycles. The summed E-state index contributed by atoms with van der Waals surface area (Å²) >= 11 is 0. The molecule has 0 saturated heterocycles. The second-order valence-electron chi connectivity index (χ2n) is 4.12. The third-order valence-corrected chi connectivity index (χ3v) is 2.74. The van der Waals surface area contributed by atoms with Crippen LogP contribution in [-0.4, -0.2) is 5.11 Å². The van der Waals surface area contributed by atoms with E-state index < -0.39 is 6.10 Å². The van der Waals surface area contributed by atoms with Crippen LogP contribution in [0.15, 0.2) is 60.7 Å². The van der Waals surface area contributed by atoms with Crippen molar-refractivity contribution in [2.75, 3.05) is 0 Å². The quantitative estimate of drug-likeness (QED) is 0.810. The second-order valence-corrected chi connectivity index (χ2v) is 4.12. The average Bonchev–Trinajstić information content (AvgIpc) is 2.45. The van der Waals surface area contributed by atoms with Gasteiger partial charge < -0.3 is 5.11 Å². The van der Waals surface area contributed by atoms with Crippen molar-refractivity contribution in [2.24, 2.45) is 0 Å². The van der Waals surface area contributed by atoms with Crippen molar-refractivity contribution in [1.29, 1.82) is 0 Å². The highest BCUT2D eigenvalue weighted by molar-refractivity contribution is 5.25. The fourth-order valence-corrected chi connectivity index (χ4v) is 1.74. The van der Waals surface area contributed by atoms with Gasteiger partial charge in [-0.25, -0.2) is 0 Å². The number of benzene rings is 2. The van der Waals surface area contributed by atoms with Crippen molar-refractivity contribution in [2.45, 2.75) is 18.9 Å². The molecule has 0 aliphatic carbocycles. The van der Waals surface area contributed by atoms with Crippen molar-refractivity contribution in [3.05, 3.63) is 71.8 Å². The molecular formula is C17H16O. The number of aliphatic hydroxyl groups excluding tert-OH is 1. The second kappa shape index (κ2) is 6.64. The monoisotopic (exact) mass is 236 g/mol. The first-order chi connectivity index (χ1) is 8.86. The topological polar surface area (TPSA) is 20.2 Å². The molecule has 0 aliphatic rings. The van der Waals surface area contributed by atoms with E-state index in [0.717, 1.165) is 18.4 Å². The molecule has 0 spiro atoms. The van der Waals surface area contributed by atoms with Gasteiger partial charge in [-0.05, 0) is 17.5 Å². The number of hydrogen-bond acceptors (Lipinski definition) is 1. The Kier molecular flexibility index (Phi) is 4.58. The SMILES string of the molecule is O[C@H](C#CCCc1ccccc1)c1ccccc1. The molecule has 0 bridgehead atoms. The van der Waals surface area contributed by atoms with Gasteiger partial charge in [0.15, 0.2) is 0 Å². The zero-order valence-electron chi connectivity index (χ0n) is 10.2. The van der Waals surface area contributed by atoms with Gasteiger partial charge in [-0.3, -0.25) is 0 Å². The van der Waals surface area contributed by atoms with Gasteiger partial charge >= 0.3 is 0 Å². The summed E-state index contributed by atoms with van der Waals surface area (Å²) in [5.41, 5.74) is 2.13. The van der Waals surface area contributed by atoms with Crippen molar-refractivity contribution in [3.8, 4) is 11.8 Å². The summed E-state index contributed by atoms with van der Waals surface area (Å²) in [6, 6.07) is 19.8. The number of aryl methyl sites for hydroxylation is 1. The molecule has 0 heterocycles. The standard InChI is InChI=1S/C17H16O/c18-17(16-12-5-2-6-13-16)14-8-7-11-15-9-3-1-4-10-15/h1-6,9-10,12-13,17-18H,7,11H2/t17-/m1/s1. The van der Waals surface area contributed by atoms with Crippen LogP contribution in [0.5, 0.6) is 0 Å². The lowest BCUT2D eigenvalue weighted by atomic mass is 10.1. The Hall–Kier alpha value is -2.04. The highest BCUT2D eigenvalue weighted by atomic mass is 16.3. The summed E-state index contributed by atoms with van der Waals surface area (Å²) in [5.74, 6) is 5.91. The summed E-state index contributed by atoms with van der Waals surface area (Å²) in [5, 5.41) is 9.84. The minimum atomic E-state index is -0.679. The first-order valence-electron chi connectivity index (χ1n) is 6.11. The van der Waals surface area contributed by atoms with Crippen molar-refractivity contribution in [1.82, 2.24) is 0 Å². The maximum Gasteiger partial charge on any atom is 0.140 e. The van der Waals surface area contributed by atoms with Gasteiger partial charge in [0.05, 0.1) is 0 Å². The molecule has 1 heteroatoms. The third kappa shape index (κ3) is 3.76. The van der Waals surface area contributed by atoms with Crippen LogP contribution in [-0.2, 0) is 6.42 Å². The van der Waals surface area contributed by atoms with Gasteiger partial charge in [0.2, 0.25) is 0 Å². The lowest BCUT2D eigenvalue weighted by molar-refractivity contribution is 0.238. The van der Waals surface area contributed by atoms with E-state index in [1.165, 1.54) is 5.56 Å². The normalized spacial score (nSPS) is 11.4. The molecule has 0 amide bonds. The highest BCUT2D eigenvalue weighted by Crippen LogP contribution is 2.10. The van der Waals surface area contributed by atoms with Crippen molar-refractivity contribution < 1.29 is 5.11 Å². The largest absolute Gasteiger partial charge is 0.376 e. The minimum Gasteiger partial charge on any atom is -0.376 e. The zero-order chi connectivity index (χ0) is 12.6. The van der Waals surface area contributed by atoms with Crippen LogP contribution >= 0.6 is 0 Å². The highest BCUT2D eigenvalue weighted by Gasteiger charge is 2.00. The van der Waals surface area contributed by atoms with Gasteiger partial charge in [-0.15, -0.1) is 0 Å². The van der Waals surface area contributed by atoms with Gasteiger partial charge in [0.25, 0.3) is 0 Å². The lowest BCUT2D eigenvalue weighted by Crippen LogP contribution is -1.92. The van der Waals surface area contributed by atoms with E-state index in [0.29, 0.717) is 0 Å². The Morgan fingerprint density at radius 2 is 1.50 bits per heavy atom. The van der Waals surface area contributed by atoms with Crippen LogP contribution in [0, 0.1) is 11.8 Å². The third-order valence-electron chi connectivity index (χ3n) is 2.74. The van der Waals surface area contributed by atoms with Crippen LogP contribution in [0.3, 0.4) is 0 Å². The summed E-state index contributed by atoms with van der Waals surface area (Å²) in [7, 11) is 0. The average molecular weight is 236 g/mol. The number of hydrogen-bond donors (Lipinski definition) is 1. The molecule has 0 fully saturated rings. The Bertz CT molecular complexity index is 520. The molecule has 1 nitrogen and oxygen atoms in total. The molecule has 2 aromatic rings. The van der Waals surface area contributed by atoms with Crippen LogP contribution in [0.25, 0.3) is 0 Å². The Balaban J connectivity index is 1.86. The van der Waals surface area contributed by atoms with Gasteiger partial charge in [0.1, 0.15) is 6.10 Å². The van der Waals surface area contributed by atoms with Crippen molar-refractivity contribution in [3.63, 3.8) is 0 Å². The molecule has 90 valence electrons. The van der Waals surface area contributed by atoms with E-state index in [4.69, 9.17) is 0 Å². The Morgan fingerprint density at radius 1 is 0.889 bits per heavy atom. The van der Waals surface area contributed by atoms with Gasteiger partial charge in [0, 0.05) is 6.42 Å². The van der Waals surface area contributed by atoms with E-state index >= 15 is 0 Å². The van der Waals surface area contributed by atoms with Crippen LogP contribution in [0.1, 0.15) is 23.7 Å². The number of rotatable bonds is 3. The van der Waals surface area contributed by atoms with Crippen LogP contribution < -0.4 is 0 Å². The molecule has 2 rings (SSSR count). The maximum atomic E-state index is 9.84. The predicted octanol–water partition coefficient (Wildman–Crippen LogP) is 3.36. The van der Waals surface area contributed by atoms with E-state index in [2.05, 4.69) is 24.0 Å². The lowest BCUT2D eigenvalue weighted by Gasteiger charge is -2.02. The molecule has 0 radical (unpaired) electrons. The summed E-state index contributed by atoms with van der Waals surface area (Å²) in [6.45, 7) is 0. The van der Waals surface area contributed by atoms with E-state index in [-0.39, 0.29) is 0 Å². The minimum absolute atomic E-state index is 0.679. The summed E-state index contributed by atoms with van der Waals surface area (Å²) in [6.07, 6.45) is 1.02. The molecule has 0 aromatic heterocycles. The first-order valence-corrected chi connectivity index (χ1v) is 6.11. The van der Waals surface area contributed by atoms with E-state index in [1.54, 1.807) is 0 Å². The maximum absolute atomic E-state index is 9.84. The van der Waals surface area contributed by atoms with Gasteiger partial charge in [-0.1, -0.05) is 72.5 Å². The Morgan fingerprint density at radius 3 is 2.17 bits per heavy atom. The summed E-state index contributed by atoms with van der Waals surface area (Å²) < 4.78 is 0. The van der Waals surface area contributed by atoms with Crippen molar-refractivity contribution >= 4 is 0 Å². The summed E-state index contributed by atoms with van der Waals surface area (Å²) in [4.78, 5) is 0. The molecular weight excluding hydrogens is 220 g/mol. The fourth-order valence-electron chi connectivity index (χ4n) is 1.74.